The summed E-state index contributed by atoms with van der Waals surface area (Å²) in [5, 5.41) is 8.19. The van der Waals surface area contributed by atoms with Crippen molar-refractivity contribution in [3.63, 3.8) is 0 Å². The van der Waals surface area contributed by atoms with Crippen LogP contribution >= 0.6 is 23.2 Å². The first-order valence-corrected chi connectivity index (χ1v) is 13.0. The highest BCUT2D eigenvalue weighted by Crippen LogP contribution is 2.30. The molecule has 5 rings (SSSR count). The van der Waals surface area contributed by atoms with Crippen LogP contribution in [0.25, 0.3) is 17.1 Å². The zero-order valence-electron chi connectivity index (χ0n) is 21.3. The largest absolute Gasteiger partial charge is 0.497 e. The number of halogens is 3. The number of benzene rings is 4. The number of nitrogens with zero attached hydrogens (tertiary/aromatic N) is 3. The van der Waals surface area contributed by atoms with Crippen LogP contribution in [0.3, 0.4) is 0 Å². The van der Waals surface area contributed by atoms with E-state index in [1.165, 1.54) is 24.3 Å². The van der Waals surface area contributed by atoms with E-state index >= 15 is 0 Å². The second-order valence-corrected chi connectivity index (χ2v) is 9.53. The molecule has 0 bridgehead atoms. The average molecular weight is 577 g/mol. The molecule has 4 aromatic carbocycles. The van der Waals surface area contributed by atoms with Crippen LogP contribution in [0.15, 0.2) is 91.0 Å². The Morgan fingerprint density at radius 1 is 0.925 bits per heavy atom. The molecule has 0 spiro atoms. The Morgan fingerprint density at radius 3 is 2.33 bits per heavy atom. The van der Waals surface area contributed by atoms with Crippen LogP contribution in [-0.4, -0.2) is 34.4 Å². The van der Waals surface area contributed by atoms with Gasteiger partial charge in [0.25, 0.3) is 5.91 Å². The smallest absolute Gasteiger partial charge is 0.336 e. The van der Waals surface area contributed by atoms with Crippen LogP contribution in [-0.2, 0) is 6.42 Å². The zero-order valence-corrected chi connectivity index (χ0v) is 22.8. The minimum absolute atomic E-state index is 0.197. The van der Waals surface area contributed by atoms with Gasteiger partial charge in [-0.25, -0.2) is 9.07 Å². The van der Waals surface area contributed by atoms with Crippen molar-refractivity contribution in [3.8, 4) is 28.8 Å². The molecule has 0 fully saturated rings. The molecule has 1 aromatic heterocycles. The van der Waals surface area contributed by atoms with Crippen molar-refractivity contribution in [1.82, 2.24) is 14.8 Å². The predicted molar refractivity (Wildman–Crippen MR) is 153 cm³/mol. The standard InChI is InChI=1S/C30H23Cl2FN4O3/c1-39-25-13-2-19(3-14-25)16-17-40-30-35-28(21-6-15-26(31)27(32)18-21)37(36-30)24-11-9-23(10-12-24)34-29(38)20-4-7-22(33)8-5-20/h2-15,18H,16-17H2,1H3,(H,34,38). The summed E-state index contributed by atoms with van der Waals surface area (Å²) in [5.41, 5.74) is 3.37. The highest BCUT2D eigenvalue weighted by atomic mass is 35.5. The molecule has 0 aliphatic carbocycles. The number of rotatable bonds is 9. The van der Waals surface area contributed by atoms with Gasteiger partial charge >= 0.3 is 6.01 Å². The van der Waals surface area contributed by atoms with Crippen LogP contribution in [0, 0.1) is 5.82 Å². The maximum absolute atomic E-state index is 13.2. The third kappa shape index (κ3) is 6.42. The summed E-state index contributed by atoms with van der Waals surface area (Å²) in [4.78, 5) is 17.1. The van der Waals surface area contributed by atoms with E-state index in [0.29, 0.717) is 51.4 Å². The van der Waals surface area contributed by atoms with E-state index in [4.69, 9.17) is 32.7 Å². The number of methoxy groups -OCH3 is 1. The molecular formula is C30H23Cl2FN4O3. The van der Waals surface area contributed by atoms with Crippen molar-refractivity contribution >= 4 is 34.8 Å². The molecule has 0 saturated carbocycles. The molecule has 0 aliphatic heterocycles. The van der Waals surface area contributed by atoms with Gasteiger partial charge in [-0.15, -0.1) is 5.10 Å². The normalized spacial score (nSPS) is 10.8. The van der Waals surface area contributed by atoms with Crippen LogP contribution in [0.2, 0.25) is 10.0 Å². The lowest BCUT2D eigenvalue weighted by Crippen LogP contribution is -2.11. The van der Waals surface area contributed by atoms with E-state index in [0.717, 1.165) is 11.3 Å². The molecule has 1 heterocycles. The summed E-state index contributed by atoms with van der Waals surface area (Å²) in [5.74, 6) is 0.534. The molecule has 0 radical (unpaired) electrons. The van der Waals surface area contributed by atoms with E-state index in [9.17, 15) is 9.18 Å². The number of amides is 1. The van der Waals surface area contributed by atoms with Crippen LogP contribution < -0.4 is 14.8 Å². The van der Waals surface area contributed by atoms with Crippen molar-refractivity contribution in [2.45, 2.75) is 6.42 Å². The highest BCUT2D eigenvalue weighted by molar-refractivity contribution is 6.42. The Kier molecular flexibility index (Phi) is 8.28. The molecule has 0 aliphatic rings. The Morgan fingerprint density at radius 2 is 1.65 bits per heavy atom. The number of ether oxygens (including phenoxy) is 2. The minimum Gasteiger partial charge on any atom is -0.497 e. The average Bonchev–Trinajstić information content (AvgIpc) is 3.40. The highest BCUT2D eigenvalue weighted by Gasteiger charge is 2.16. The molecule has 1 N–H and O–H groups in total. The van der Waals surface area contributed by atoms with Gasteiger partial charge in [-0.1, -0.05) is 35.3 Å². The van der Waals surface area contributed by atoms with E-state index in [1.54, 1.807) is 54.3 Å². The van der Waals surface area contributed by atoms with Crippen LogP contribution in [0.1, 0.15) is 15.9 Å². The summed E-state index contributed by atoms with van der Waals surface area (Å²) in [7, 11) is 1.63. The molecule has 7 nitrogen and oxygen atoms in total. The number of aromatic nitrogens is 3. The Bertz CT molecular complexity index is 1620. The summed E-state index contributed by atoms with van der Waals surface area (Å²) < 4.78 is 25.9. The second-order valence-electron chi connectivity index (χ2n) is 8.71. The lowest BCUT2D eigenvalue weighted by atomic mass is 10.1. The quantitative estimate of drug-likeness (QED) is 0.200. The maximum Gasteiger partial charge on any atom is 0.336 e. The van der Waals surface area contributed by atoms with Gasteiger partial charge in [0.15, 0.2) is 5.82 Å². The van der Waals surface area contributed by atoms with Gasteiger partial charge in [0.2, 0.25) is 0 Å². The van der Waals surface area contributed by atoms with Crippen LogP contribution in [0.4, 0.5) is 10.1 Å². The number of carbonyl (C=O) groups excluding carboxylic acids is 1. The molecule has 10 heteroatoms. The van der Waals surface area contributed by atoms with Gasteiger partial charge in [0.05, 0.1) is 29.4 Å². The number of carbonyl (C=O) groups is 1. The van der Waals surface area contributed by atoms with E-state index in [-0.39, 0.29) is 11.9 Å². The van der Waals surface area contributed by atoms with E-state index in [2.05, 4.69) is 15.4 Å². The van der Waals surface area contributed by atoms with Crippen molar-refractivity contribution in [2.75, 3.05) is 19.0 Å². The van der Waals surface area contributed by atoms with Gasteiger partial charge in [0.1, 0.15) is 11.6 Å². The van der Waals surface area contributed by atoms with Crippen molar-refractivity contribution in [3.05, 3.63) is 118 Å². The van der Waals surface area contributed by atoms with Crippen molar-refractivity contribution < 1.29 is 18.7 Å². The summed E-state index contributed by atoms with van der Waals surface area (Å²) in [6.45, 7) is 0.367. The Hall–Kier alpha value is -4.40. The fraction of sp³-hybridized carbons (Fsp3) is 0.100. The summed E-state index contributed by atoms with van der Waals surface area (Å²) in [6.07, 6.45) is 0.656. The second kappa shape index (κ2) is 12.2. The molecule has 0 atom stereocenters. The number of hydrogen-bond donors (Lipinski definition) is 1. The van der Waals surface area contributed by atoms with Gasteiger partial charge in [-0.05, 0) is 84.4 Å². The number of nitrogens with one attached hydrogen (secondary N) is 1. The number of hydrogen-bond acceptors (Lipinski definition) is 5. The van der Waals surface area contributed by atoms with Gasteiger partial charge < -0.3 is 14.8 Å². The predicted octanol–water partition coefficient (Wildman–Crippen LogP) is 7.26. The molecular weight excluding hydrogens is 554 g/mol. The Balaban J connectivity index is 1.36. The fourth-order valence-electron chi connectivity index (χ4n) is 3.90. The molecule has 0 saturated heterocycles. The van der Waals surface area contributed by atoms with E-state index in [1.807, 2.05) is 24.3 Å². The topological polar surface area (TPSA) is 78.3 Å². The van der Waals surface area contributed by atoms with E-state index < -0.39 is 5.82 Å². The van der Waals surface area contributed by atoms with Crippen molar-refractivity contribution in [2.24, 2.45) is 0 Å². The zero-order chi connectivity index (χ0) is 28.1. The molecule has 5 aromatic rings. The first-order valence-electron chi connectivity index (χ1n) is 12.2. The molecule has 0 unspecified atom stereocenters. The summed E-state index contributed by atoms with van der Waals surface area (Å²) in [6, 6.07) is 25.5. The van der Waals surface area contributed by atoms with Crippen molar-refractivity contribution in [1.29, 1.82) is 0 Å². The lowest BCUT2D eigenvalue weighted by Gasteiger charge is -2.09. The molecule has 202 valence electrons. The SMILES string of the molecule is COc1ccc(CCOc2nc(-c3ccc(Cl)c(Cl)c3)n(-c3ccc(NC(=O)c4ccc(F)cc4)cc3)n2)cc1. The molecule has 40 heavy (non-hydrogen) atoms. The van der Waals surface area contributed by atoms with Gasteiger partial charge in [-0.3, -0.25) is 4.79 Å². The van der Waals surface area contributed by atoms with Gasteiger partial charge in [0, 0.05) is 23.2 Å². The Labute approximate surface area is 240 Å². The third-order valence-corrected chi connectivity index (χ3v) is 6.76. The third-order valence-electron chi connectivity index (χ3n) is 6.02. The van der Waals surface area contributed by atoms with Crippen LogP contribution in [0.5, 0.6) is 11.8 Å². The number of anilines is 1. The molecule has 1 amide bonds. The maximum atomic E-state index is 13.2. The monoisotopic (exact) mass is 576 g/mol. The first-order chi connectivity index (χ1) is 19.4. The fourth-order valence-corrected chi connectivity index (χ4v) is 4.20. The lowest BCUT2D eigenvalue weighted by molar-refractivity contribution is 0.102. The minimum atomic E-state index is -0.407. The first kappa shape index (κ1) is 27.2. The summed E-state index contributed by atoms with van der Waals surface area (Å²) >= 11 is 12.4. The van der Waals surface area contributed by atoms with Gasteiger partial charge in [-0.2, -0.15) is 4.98 Å².